The van der Waals surface area contributed by atoms with Gasteiger partial charge in [-0.15, -0.1) is 0 Å². The van der Waals surface area contributed by atoms with Crippen molar-refractivity contribution in [2.24, 2.45) is 10.7 Å². The highest BCUT2D eigenvalue weighted by Gasteiger charge is 2.39. The Morgan fingerprint density at radius 3 is 2.61 bits per heavy atom. The van der Waals surface area contributed by atoms with Gasteiger partial charge in [-0.1, -0.05) is 31.5 Å². The first-order chi connectivity index (χ1) is 13.5. The number of rotatable bonds is 3. The van der Waals surface area contributed by atoms with Crippen molar-refractivity contribution in [3.05, 3.63) is 65.0 Å². The van der Waals surface area contributed by atoms with Crippen LogP contribution in [0.5, 0.6) is 0 Å². The van der Waals surface area contributed by atoms with Crippen LogP contribution in [-0.4, -0.2) is 35.4 Å². The molecule has 2 heterocycles. The average molecular weight is 380 g/mol. The molecule has 0 bridgehead atoms. The van der Waals surface area contributed by atoms with E-state index in [-0.39, 0.29) is 17.6 Å². The number of amides is 1. The van der Waals surface area contributed by atoms with Gasteiger partial charge in [-0.3, -0.25) is 4.79 Å². The van der Waals surface area contributed by atoms with Gasteiger partial charge in [0.2, 0.25) is 0 Å². The Morgan fingerprint density at radius 2 is 1.93 bits per heavy atom. The fourth-order valence-electron chi connectivity index (χ4n) is 4.06. The molecule has 0 aromatic heterocycles. The van der Waals surface area contributed by atoms with E-state index in [2.05, 4.69) is 17.2 Å². The molecule has 1 spiro atoms. The number of halogens is 1. The summed E-state index contributed by atoms with van der Waals surface area (Å²) < 4.78 is 14.1. The number of aryl methyl sites for hydroxylation is 1. The van der Waals surface area contributed by atoms with Crippen LogP contribution in [0.15, 0.2) is 47.5 Å². The van der Waals surface area contributed by atoms with Crippen molar-refractivity contribution < 1.29 is 9.18 Å². The number of nitrogens with one attached hydrogen (secondary N) is 1. The molecule has 4 rings (SSSR count). The zero-order valence-corrected chi connectivity index (χ0v) is 16.0. The molecule has 0 aliphatic carbocycles. The number of likely N-dealkylation sites (tertiary alicyclic amines) is 1. The lowest BCUT2D eigenvalue weighted by atomic mass is 9.93. The number of aliphatic imine (C=N–C) groups is 1. The van der Waals surface area contributed by atoms with Crippen LogP contribution in [0.3, 0.4) is 0 Å². The molecule has 3 N–H and O–H groups in total. The van der Waals surface area contributed by atoms with E-state index in [4.69, 9.17) is 5.73 Å². The third-order valence-electron chi connectivity index (χ3n) is 5.59. The molecule has 2 aliphatic heterocycles. The minimum absolute atomic E-state index is 0.0390. The molecular weight excluding hydrogens is 355 g/mol. The quantitative estimate of drug-likeness (QED) is 0.856. The molecule has 2 aliphatic rings. The maximum atomic E-state index is 14.1. The lowest BCUT2D eigenvalue weighted by Gasteiger charge is -2.42. The molecule has 0 unspecified atom stereocenters. The maximum absolute atomic E-state index is 14.1. The first kappa shape index (κ1) is 18.5. The number of nitrogens with two attached hydrogens (primary N) is 1. The van der Waals surface area contributed by atoms with E-state index in [1.165, 1.54) is 11.6 Å². The molecule has 1 fully saturated rings. The van der Waals surface area contributed by atoms with E-state index in [9.17, 15) is 9.18 Å². The number of carbonyl (C=O) groups excluding carboxylic acids is 1. The normalized spacial score (nSPS) is 17.6. The molecule has 1 amide bonds. The summed E-state index contributed by atoms with van der Waals surface area (Å²) in [6.45, 7) is 3.29. The summed E-state index contributed by atoms with van der Waals surface area (Å²) in [4.78, 5) is 19.3. The van der Waals surface area contributed by atoms with Gasteiger partial charge in [0.05, 0.1) is 5.56 Å². The SMILES string of the molecule is CCCc1ccc(C(=O)N2CCC3(CC2)N=C(N)c2c(F)cccc2N3)cc1. The molecule has 2 aromatic carbocycles. The smallest absolute Gasteiger partial charge is 0.253 e. The summed E-state index contributed by atoms with van der Waals surface area (Å²) in [7, 11) is 0. The zero-order chi connectivity index (χ0) is 19.7. The van der Waals surface area contributed by atoms with Gasteiger partial charge in [-0.25, -0.2) is 9.38 Å². The van der Waals surface area contributed by atoms with Crippen LogP contribution >= 0.6 is 0 Å². The van der Waals surface area contributed by atoms with Crippen LogP contribution in [0.2, 0.25) is 0 Å². The van der Waals surface area contributed by atoms with Crippen molar-refractivity contribution in [1.82, 2.24) is 4.90 Å². The second kappa shape index (κ2) is 7.26. The summed E-state index contributed by atoms with van der Waals surface area (Å²) >= 11 is 0. The number of nitrogens with zero attached hydrogens (tertiary/aromatic N) is 2. The summed E-state index contributed by atoms with van der Waals surface area (Å²) in [5.41, 5.74) is 8.45. The van der Waals surface area contributed by atoms with Crippen molar-refractivity contribution in [3.63, 3.8) is 0 Å². The maximum Gasteiger partial charge on any atom is 0.253 e. The number of fused-ring (bicyclic) bond motifs is 1. The summed E-state index contributed by atoms with van der Waals surface area (Å²) in [6.07, 6.45) is 3.37. The van der Waals surface area contributed by atoms with Gasteiger partial charge in [0.15, 0.2) is 0 Å². The number of amidine groups is 1. The van der Waals surface area contributed by atoms with Crippen molar-refractivity contribution in [3.8, 4) is 0 Å². The number of anilines is 1. The highest BCUT2D eigenvalue weighted by Crippen LogP contribution is 2.35. The summed E-state index contributed by atoms with van der Waals surface area (Å²) in [5.74, 6) is -0.115. The van der Waals surface area contributed by atoms with Crippen LogP contribution in [0, 0.1) is 5.82 Å². The summed E-state index contributed by atoms with van der Waals surface area (Å²) in [6, 6.07) is 12.7. The van der Waals surface area contributed by atoms with E-state index in [1.807, 2.05) is 35.2 Å². The molecular formula is C22H25FN4O. The van der Waals surface area contributed by atoms with Gasteiger partial charge in [0.1, 0.15) is 17.3 Å². The lowest BCUT2D eigenvalue weighted by Crippen LogP contribution is -2.52. The second-order valence-corrected chi connectivity index (χ2v) is 7.56. The number of hydrogen-bond donors (Lipinski definition) is 2. The second-order valence-electron chi connectivity index (χ2n) is 7.56. The van der Waals surface area contributed by atoms with Crippen molar-refractivity contribution in [1.29, 1.82) is 0 Å². The lowest BCUT2D eigenvalue weighted by molar-refractivity contribution is 0.0685. The minimum Gasteiger partial charge on any atom is -0.383 e. The fourth-order valence-corrected chi connectivity index (χ4v) is 4.06. The first-order valence-corrected chi connectivity index (χ1v) is 9.82. The highest BCUT2D eigenvalue weighted by molar-refractivity contribution is 6.04. The van der Waals surface area contributed by atoms with E-state index >= 15 is 0 Å². The van der Waals surface area contributed by atoms with E-state index in [1.54, 1.807) is 6.07 Å². The Balaban J connectivity index is 1.46. The van der Waals surface area contributed by atoms with E-state index in [0.29, 0.717) is 42.7 Å². The molecule has 5 nitrogen and oxygen atoms in total. The molecule has 0 atom stereocenters. The predicted octanol–water partition coefficient (Wildman–Crippen LogP) is 3.54. The Bertz CT molecular complexity index is 915. The largest absolute Gasteiger partial charge is 0.383 e. The van der Waals surface area contributed by atoms with Gasteiger partial charge in [-0.05, 0) is 36.2 Å². The number of benzene rings is 2. The van der Waals surface area contributed by atoms with Crippen molar-refractivity contribution in [2.45, 2.75) is 38.3 Å². The van der Waals surface area contributed by atoms with Crippen LogP contribution in [0.25, 0.3) is 0 Å². The van der Waals surface area contributed by atoms with Gasteiger partial charge >= 0.3 is 0 Å². The van der Waals surface area contributed by atoms with E-state index in [0.717, 1.165) is 12.8 Å². The number of carbonyl (C=O) groups is 1. The third-order valence-corrected chi connectivity index (χ3v) is 5.59. The predicted molar refractivity (Wildman–Crippen MR) is 109 cm³/mol. The molecule has 0 saturated carbocycles. The van der Waals surface area contributed by atoms with Crippen LogP contribution in [-0.2, 0) is 6.42 Å². The van der Waals surface area contributed by atoms with Gasteiger partial charge in [-0.2, -0.15) is 0 Å². The third kappa shape index (κ3) is 3.35. The van der Waals surface area contributed by atoms with E-state index < -0.39 is 5.66 Å². The molecule has 0 radical (unpaired) electrons. The van der Waals surface area contributed by atoms with Gasteiger partial charge in [0.25, 0.3) is 5.91 Å². The zero-order valence-electron chi connectivity index (χ0n) is 16.0. The fraction of sp³-hybridized carbons (Fsp3) is 0.364. The average Bonchev–Trinajstić information content (AvgIpc) is 2.68. The topological polar surface area (TPSA) is 70.7 Å². The van der Waals surface area contributed by atoms with Crippen LogP contribution in [0.1, 0.15) is 47.7 Å². The minimum atomic E-state index is -0.577. The molecule has 146 valence electrons. The van der Waals surface area contributed by atoms with Crippen LogP contribution in [0.4, 0.5) is 10.1 Å². The molecule has 1 saturated heterocycles. The van der Waals surface area contributed by atoms with Crippen molar-refractivity contribution >= 4 is 17.4 Å². The highest BCUT2D eigenvalue weighted by atomic mass is 19.1. The molecule has 6 heteroatoms. The Morgan fingerprint density at radius 1 is 1.21 bits per heavy atom. The van der Waals surface area contributed by atoms with Crippen LogP contribution < -0.4 is 11.1 Å². The standard InChI is InChI=1S/C22H25FN4O/c1-2-4-15-7-9-16(10-8-15)21(28)27-13-11-22(12-14-27)25-18-6-3-5-17(23)19(18)20(24)26-22/h3,5-10,25H,2,4,11-14H2,1H3,(H2,24,26). The number of piperidine rings is 1. The molecule has 2 aromatic rings. The Hall–Kier alpha value is -2.89. The Labute approximate surface area is 164 Å². The molecule has 28 heavy (non-hydrogen) atoms. The first-order valence-electron chi connectivity index (χ1n) is 9.82. The number of hydrogen-bond acceptors (Lipinski definition) is 4. The summed E-state index contributed by atoms with van der Waals surface area (Å²) in [5, 5.41) is 3.36. The van der Waals surface area contributed by atoms with Gasteiger partial charge < -0.3 is 16.0 Å². The monoisotopic (exact) mass is 380 g/mol. The van der Waals surface area contributed by atoms with Crippen molar-refractivity contribution in [2.75, 3.05) is 18.4 Å². The Kier molecular flexibility index (Phi) is 4.79. The van der Waals surface area contributed by atoms with Gasteiger partial charge in [0, 0.05) is 37.2 Å².